The highest BCUT2D eigenvalue weighted by Crippen LogP contribution is 2.19. The molecule has 1 aromatic carbocycles. The third kappa shape index (κ3) is 4.47. The first-order valence-corrected chi connectivity index (χ1v) is 7.87. The standard InChI is InChI=1S/C14H20ClNOS/c1-11-9-16(10-12(2)17-11)7-8-18-14-5-3-13(15)4-6-14/h3-6,11-12H,7-10H2,1-2H3/p+1/t11-,12+. The van der Waals surface area contributed by atoms with E-state index in [1.165, 1.54) is 11.4 Å². The number of halogens is 1. The maximum atomic E-state index is 5.87. The molecule has 1 aromatic rings. The first kappa shape index (κ1) is 14.2. The molecule has 0 spiro atoms. The largest absolute Gasteiger partial charge is 0.364 e. The number of hydrogen-bond acceptors (Lipinski definition) is 2. The average Bonchev–Trinajstić information content (AvgIpc) is 2.30. The minimum absolute atomic E-state index is 0.393. The van der Waals surface area contributed by atoms with Crippen LogP contribution in [0.2, 0.25) is 5.02 Å². The average molecular weight is 287 g/mol. The molecule has 0 aromatic heterocycles. The van der Waals surface area contributed by atoms with Crippen molar-refractivity contribution in [3.63, 3.8) is 0 Å². The van der Waals surface area contributed by atoms with Crippen LogP contribution in [-0.4, -0.2) is 37.6 Å². The molecule has 1 unspecified atom stereocenters. The van der Waals surface area contributed by atoms with Crippen molar-refractivity contribution in [2.75, 3.05) is 25.4 Å². The van der Waals surface area contributed by atoms with Gasteiger partial charge in [0.15, 0.2) is 0 Å². The minimum Gasteiger partial charge on any atom is -0.364 e. The van der Waals surface area contributed by atoms with E-state index in [4.69, 9.17) is 16.3 Å². The van der Waals surface area contributed by atoms with Crippen LogP contribution in [0.25, 0.3) is 0 Å². The summed E-state index contributed by atoms with van der Waals surface area (Å²) in [5, 5.41) is 0.806. The van der Waals surface area contributed by atoms with Gasteiger partial charge in [0.2, 0.25) is 0 Å². The topological polar surface area (TPSA) is 13.7 Å². The Bertz CT molecular complexity index is 361. The molecule has 1 N–H and O–H groups in total. The van der Waals surface area contributed by atoms with Gasteiger partial charge < -0.3 is 9.64 Å². The van der Waals surface area contributed by atoms with E-state index in [-0.39, 0.29) is 0 Å². The van der Waals surface area contributed by atoms with Crippen LogP contribution in [0.5, 0.6) is 0 Å². The smallest absolute Gasteiger partial charge is 0.104 e. The van der Waals surface area contributed by atoms with Crippen molar-refractivity contribution in [3.8, 4) is 0 Å². The first-order valence-electron chi connectivity index (χ1n) is 6.51. The number of morpholine rings is 1. The van der Waals surface area contributed by atoms with Crippen LogP contribution in [0.1, 0.15) is 13.8 Å². The van der Waals surface area contributed by atoms with E-state index in [0.717, 1.165) is 23.9 Å². The van der Waals surface area contributed by atoms with Gasteiger partial charge in [0.05, 0.1) is 6.54 Å². The maximum absolute atomic E-state index is 5.87. The number of hydrogen-bond donors (Lipinski definition) is 1. The van der Waals surface area contributed by atoms with Crippen molar-refractivity contribution in [3.05, 3.63) is 29.3 Å². The summed E-state index contributed by atoms with van der Waals surface area (Å²) in [5.41, 5.74) is 0. The van der Waals surface area contributed by atoms with E-state index < -0.39 is 0 Å². The van der Waals surface area contributed by atoms with Crippen molar-refractivity contribution in [2.45, 2.75) is 31.0 Å². The summed E-state index contributed by atoms with van der Waals surface area (Å²) in [6.45, 7) is 7.80. The highest BCUT2D eigenvalue weighted by molar-refractivity contribution is 7.99. The summed E-state index contributed by atoms with van der Waals surface area (Å²) < 4.78 is 5.75. The Hall–Kier alpha value is -0.220. The fourth-order valence-corrected chi connectivity index (χ4v) is 3.52. The Morgan fingerprint density at radius 2 is 1.83 bits per heavy atom. The number of rotatable bonds is 4. The predicted molar refractivity (Wildman–Crippen MR) is 77.7 cm³/mol. The molecule has 0 aliphatic carbocycles. The zero-order valence-electron chi connectivity index (χ0n) is 11.0. The lowest BCUT2D eigenvalue weighted by Crippen LogP contribution is -3.15. The fraction of sp³-hybridized carbons (Fsp3) is 0.571. The van der Waals surface area contributed by atoms with Gasteiger partial charge >= 0.3 is 0 Å². The van der Waals surface area contributed by atoms with Gasteiger partial charge in [0.1, 0.15) is 25.3 Å². The van der Waals surface area contributed by atoms with E-state index >= 15 is 0 Å². The summed E-state index contributed by atoms with van der Waals surface area (Å²) in [6.07, 6.45) is 0.786. The molecule has 0 radical (unpaired) electrons. The van der Waals surface area contributed by atoms with Crippen LogP contribution in [0.3, 0.4) is 0 Å². The molecule has 1 saturated heterocycles. The SMILES string of the molecule is C[C@@H]1C[NH+](CCSc2ccc(Cl)cc2)C[C@H](C)O1. The van der Waals surface area contributed by atoms with Crippen molar-refractivity contribution in [2.24, 2.45) is 0 Å². The number of ether oxygens (including phenoxy) is 1. The highest BCUT2D eigenvalue weighted by atomic mass is 35.5. The summed E-state index contributed by atoms with van der Waals surface area (Å²) in [6, 6.07) is 8.09. The third-order valence-corrected chi connectivity index (χ3v) is 4.42. The first-order chi connectivity index (χ1) is 8.63. The normalized spacial score (nSPS) is 28.3. The summed E-state index contributed by atoms with van der Waals surface area (Å²) in [4.78, 5) is 2.95. The number of benzene rings is 1. The van der Waals surface area contributed by atoms with Crippen molar-refractivity contribution in [1.82, 2.24) is 0 Å². The van der Waals surface area contributed by atoms with Gasteiger partial charge in [0, 0.05) is 15.7 Å². The second-order valence-electron chi connectivity index (χ2n) is 4.97. The molecule has 4 heteroatoms. The Morgan fingerprint density at radius 3 is 2.44 bits per heavy atom. The highest BCUT2D eigenvalue weighted by Gasteiger charge is 2.24. The molecule has 0 amide bonds. The zero-order chi connectivity index (χ0) is 13.0. The fourth-order valence-electron chi connectivity index (χ4n) is 2.44. The van der Waals surface area contributed by atoms with Crippen LogP contribution in [0.4, 0.5) is 0 Å². The number of quaternary nitrogens is 1. The van der Waals surface area contributed by atoms with Crippen molar-refractivity contribution < 1.29 is 9.64 Å². The van der Waals surface area contributed by atoms with E-state index in [1.54, 1.807) is 4.90 Å². The van der Waals surface area contributed by atoms with E-state index in [2.05, 4.69) is 26.0 Å². The molecular formula is C14H21ClNOS+. The molecule has 1 aliphatic rings. The number of thioether (sulfide) groups is 1. The Morgan fingerprint density at radius 1 is 1.22 bits per heavy atom. The minimum atomic E-state index is 0.393. The van der Waals surface area contributed by atoms with Gasteiger partial charge in [-0.25, -0.2) is 0 Å². The van der Waals surface area contributed by atoms with E-state index in [9.17, 15) is 0 Å². The summed E-state index contributed by atoms with van der Waals surface area (Å²) in [7, 11) is 0. The van der Waals surface area contributed by atoms with Crippen LogP contribution < -0.4 is 4.90 Å². The molecule has 100 valence electrons. The molecule has 0 saturated carbocycles. The van der Waals surface area contributed by atoms with Gasteiger partial charge in [-0.15, -0.1) is 11.8 Å². The second-order valence-corrected chi connectivity index (χ2v) is 6.57. The Kier molecular flexibility index (Phi) is 5.37. The lowest BCUT2D eigenvalue weighted by molar-refractivity contribution is -0.912. The zero-order valence-corrected chi connectivity index (χ0v) is 12.6. The quantitative estimate of drug-likeness (QED) is 0.852. The van der Waals surface area contributed by atoms with E-state index in [1.807, 2.05) is 23.9 Å². The molecule has 18 heavy (non-hydrogen) atoms. The van der Waals surface area contributed by atoms with Crippen molar-refractivity contribution >= 4 is 23.4 Å². The molecule has 1 heterocycles. The summed E-state index contributed by atoms with van der Waals surface area (Å²) >= 11 is 7.78. The maximum Gasteiger partial charge on any atom is 0.104 e. The monoisotopic (exact) mass is 286 g/mol. The van der Waals surface area contributed by atoms with Gasteiger partial charge in [-0.05, 0) is 38.1 Å². The van der Waals surface area contributed by atoms with Crippen LogP contribution in [-0.2, 0) is 4.74 Å². The summed E-state index contributed by atoms with van der Waals surface area (Å²) in [5.74, 6) is 1.15. The Balaban J connectivity index is 1.73. The molecule has 2 nitrogen and oxygen atoms in total. The van der Waals surface area contributed by atoms with Crippen molar-refractivity contribution in [1.29, 1.82) is 0 Å². The number of nitrogens with one attached hydrogen (secondary N) is 1. The third-order valence-electron chi connectivity index (χ3n) is 3.15. The predicted octanol–water partition coefficient (Wildman–Crippen LogP) is 2.12. The molecule has 1 aliphatic heterocycles. The molecule has 3 atom stereocenters. The second kappa shape index (κ2) is 6.80. The van der Waals surface area contributed by atoms with Crippen LogP contribution in [0, 0.1) is 0 Å². The van der Waals surface area contributed by atoms with Gasteiger partial charge in [0.25, 0.3) is 0 Å². The van der Waals surface area contributed by atoms with Gasteiger partial charge in [-0.2, -0.15) is 0 Å². The molecule has 2 rings (SSSR count). The Labute approximate surface area is 119 Å². The van der Waals surface area contributed by atoms with Gasteiger partial charge in [-0.1, -0.05) is 11.6 Å². The lowest BCUT2D eigenvalue weighted by Gasteiger charge is -2.32. The molecule has 1 fully saturated rings. The lowest BCUT2D eigenvalue weighted by atomic mass is 10.2. The van der Waals surface area contributed by atoms with Crippen LogP contribution in [0.15, 0.2) is 29.2 Å². The molecule has 0 bridgehead atoms. The van der Waals surface area contributed by atoms with E-state index in [0.29, 0.717) is 12.2 Å². The molecular weight excluding hydrogens is 266 g/mol. The van der Waals surface area contributed by atoms with Crippen LogP contribution >= 0.6 is 23.4 Å². The van der Waals surface area contributed by atoms with Gasteiger partial charge in [-0.3, -0.25) is 0 Å².